The van der Waals surface area contributed by atoms with E-state index in [1.165, 1.54) is 0 Å². The summed E-state index contributed by atoms with van der Waals surface area (Å²) in [6.45, 7) is 13.7. The Bertz CT molecular complexity index is 756. The van der Waals surface area contributed by atoms with Gasteiger partial charge in [-0.15, -0.1) is 0 Å². The lowest BCUT2D eigenvalue weighted by atomic mass is 9.77. The zero-order valence-electron chi connectivity index (χ0n) is 17.5. The average Bonchev–Trinajstić information content (AvgIpc) is 2.73. The molecule has 0 atom stereocenters. The first-order valence-corrected chi connectivity index (χ1v) is 10.8. The van der Waals surface area contributed by atoms with Crippen molar-refractivity contribution in [3.63, 3.8) is 0 Å². The molecule has 1 aliphatic rings. The van der Waals surface area contributed by atoms with Crippen molar-refractivity contribution in [3.8, 4) is 0 Å². The molecule has 154 valence electrons. The number of rotatable bonds is 4. The van der Waals surface area contributed by atoms with Crippen LogP contribution in [0.4, 0.5) is 4.79 Å². The van der Waals surface area contributed by atoms with Gasteiger partial charge in [0.15, 0.2) is 0 Å². The largest absolute Gasteiger partial charge is 0.492 e. The number of carbonyl (C=O) groups is 1. The highest BCUT2D eigenvalue weighted by Crippen LogP contribution is 2.39. The first-order chi connectivity index (χ1) is 12.7. The van der Waals surface area contributed by atoms with Crippen LogP contribution in [-0.4, -0.2) is 36.6 Å². The number of hydrogen-bond donors (Lipinski definition) is 1. The minimum Gasteiger partial charge on any atom is -0.444 e. The van der Waals surface area contributed by atoms with E-state index in [1.54, 1.807) is 0 Å². The normalized spacial score (nSPS) is 18.9. The molecule has 0 aromatic heterocycles. The molecule has 0 radical (unpaired) electrons. The topological polar surface area (TPSA) is 56.8 Å². The van der Waals surface area contributed by atoms with Gasteiger partial charge in [0.1, 0.15) is 5.60 Å². The number of ether oxygens (including phenoxy) is 1. The second kappa shape index (κ2) is 8.50. The maximum atomic E-state index is 12.1. The lowest BCUT2D eigenvalue weighted by Crippen LogP contribution is -2.41. The van der Waals surface area contributed by atoms with Crippen LogP contribution in [0.15, 0.2) is 32.6 Å². The number of carbonyl (C=O) groups excluding carboxylic acids is 1. The van der Waals surface area contributed by atoms with E-state index < -0.39 is 30.0 Å². The summed E-state index contributed by atoms with van der Waals surface area (Å²) < 4.78 is 19.6. The van der Waals surface area contributed by atoms with Crippen LogP contribution in [0.5, 0.6) is 0 Å². The number of hydrogen-bond acceptors (Lipinski definition) is 4. The molecule has 0 spiro atoms. The predicted octanol–water partition coefficient (Wildman–Crippen LogP) is 5.75. The van der Waals surface area contributed by atoms with Crippen LogP contribution in [0.1, 0.15) is 54.0 Å². The Kier molecular flexibility index (Phi) is 7.12. The van der Waals surface area contributed by atoms with Crippen LogP contribution in [0.25, 0.3) is 6.08 Å². The van der Waals surface area contributed by atoms with Crippen molar-refractivity contribution in [2.75, 3.05) is 6.54 Å². The lowest BCUT2D eigenvalue weighted by Gasteiger charge is -2.32. The maximum Gasteiger partial charge on any atom is 0.492 e. The summed E-state index contributed by atoms with van der Waals surface area (Å²) in [5, 5.41) is 2.81. The van der Waals surface area contributed by atoms with Gasteiger partial charge in [-0.1, -0.05) is 37.9 Å². The summed E-state index contributed by atoms with van der Waals surface area (Å²) in [5.41, 5.74) is 0.230. The molecular formula is C20H28BBr2NO4. The highest BCUT2D eigenvalue weighted by molar-refractivity contribution is 9.11. The molecule has 5 nitrogen and oxygen atoms in total. The summed E-state index contributed by atoms with van der Waals surface area (Å²) in [4.78, 5) is 12.1. The second-order valence-electron chi connectivity index (χ2n) is 8.83. The molecule has 0 bridgehead atoms. The second-order valence-corrected chi connectivity index (χ2v) is 10.6. The van der Waals surface area contributed by atoms with E-state index in [4.69, 9.17) is 14.0 Å². The highest BCUT2D eigenvalue weighted by atomic mass is 79.9. The Hall–Kier alpha value is -0.825. The van der Waals surface area contributed by atoms with Gasteiger partial charge < -0.3 is 19.4 Å². The Balaban J connectivity index is 2.30. The first-order valence-electron chi connectivity index (χ1n) is 9.18. The molecule has 2 rings (SSSR count). The van der Waals surface area contributed by atoms with Gasteiger partial charge in [0, 0.05) is 15.5 Å². The molecule has 1 N–H and O–H groups in total. The number of halogens is 2. The fourth-order valence-electron chi connectivity index (χ4n) is 2.51. The molecule has 1 aromatic carbocycles. The van der Waals surface area contributed by atoms with Gasteiger partial charge in [-0.05, 0) is 77.7 Å². The van der Waals surface area contributed by atoms with Crippen LogP contribution in [0, 0.1) is 0 Å². The van der Waals surface area contributed by atoms with E-state index in [2.05, 4.69) is 37.2 Å². The van der Waals surface area contributed by atoms with E-state index in [0.717, 1.165) is 20.0 Å². The molecule has 8 heteroatoms. The van der Waals surface area contributed by atoms with Gasteiger partial charge >= 0.3 is 13.2 Å². The molecule has 1 fully saturated rings. The summed E-state index contributed by atoms with van der Waals surface area (Å²) in [5.74, 6) is 0. The number of amides is 1. The van der Waals surface area contributed by atoms with Crippen LogP contribution in [-0.2, 0) is 14.0 Å². The highest BCUT2D eigenvalue weighted by Gasteiger charge is 2.52. The van der Waals surface area contributed by atoms with Crippen molar-refractivity contribution in [2.24, 2.45) is 0 Å². The predicted molar refractivity (Wildman–Crippen MR) is 120 cm³/mol. The van der Waals surface area contributed by atoms with Gasteiger partial charge in [-0.2, -0.15) is 0 Å². The summed E-state index contributed by atoms with van der Waals surface area (Å²) in [7, 11) is -0.578. The first kappa shape index (κ1) is 23.5. The quantitative estimate of drug-likeness (QED) is 0.518. The van der Waals surface area contributed by atoms with Gasteiger partial charge in [0.05, 0.1) is 11.2 Å². The van der Waals surface area contributed by atoms with E-state index in [-0.39, 0.29) is 6.54 Å². The summed E-state index contributed by atoms with van der Waals surface area (Å²) in [6, 6.07) is 5.90. The van der Waals surface area contributed by atoms with Gasteiger partial charge in [-0.25, -0.2) is 4.79 Å². The van der Waals surface area contributed by atoms with Crippen molar-refractivity contribution in [1.29, 1.82) is 0 Å². The number of benzene rings is 1. The third-order valence-corrected chi connectivity index (χ3v) is 5.91. The zero-order chi connectivity index (χ0) is 21.3. The SMILES string of the molecule is CC(C)(C)OC(=O)NCC(=Cc1cc(Br)ccc1Br)B1OC(C)(C)C(C)(C)O1. The van der Waals surface area contributed by atoms with Gasteiger partial charge in [-0.3, -0.25) is 0 Å². The van der Waals surface area contributed by atoms with E-state index >= 15 is 0 Å². The molecule has 1 aliphatic heterocycles. The van der Waals surface area contributed by atoms with E-state index in [0.29, 0.717) is 0 Å². The fraction of sp³-hybridized carbons (Fsp3) is 0.550. The molecule has 28 heavy (non-hydrogen) atoms. The Labute approximate surface area is 185 Å². The Morgan fingerprint density at radius 2 is 1.75 bits per heavy atom. The van der Waals surface area contributed by atoms with Crippen molar-refractivity contribution in [3.05, 3.63) is 38.2 Å². The van der Waals surface area contributed by atoms with Crippen LogP contribution < -0.4 is 5.32 Å². The number of alkyl carbamates (subject to hydrolysis) is 1. The third kappa shape index (κ3) is 6.08. The molecule has 1 saturated heterocycles. The Morgan fingerprint density at radius 1 is 1.18 bits per heavy atom. The molecule has 1 heterocycles. The summed E-state index contributed by atoms with van der Waals surface area (Å²) >= 11 is 7.07. The third-order valence-electron chi connectivity index (χ3n) is 4.69. The van der Waals surface area contributed by atoms with Crippen LogP contribution >= 0.6 is 31.9 Å². The van der Waals surface area contributed by atoms with Crippen molar-refractivity contribution < 1.29 is 18.8 Å². The molecular weight excluding hydrogens is 489 g/mol. The molecule has 0 aliphatic carbocycles. The van der Waals surface area contributed by atoms with Gasteiger partial charge in [0.25, 0.3) is 0 Å². The smallest absolute Gasteiger partial charge is 0.444 e. The van der Waals surface area contributed by atoms with Crippen molar-refractivity contribution in [2.45, 2.75) is 65.3 Å². The average molecular weight is 517 g/mol. The molecule has 1 aromatic rings. The molecule has 0 unspecified atom stereocenters. The fourth-order valence-corrected chi connectivity index (χ4v) is 3.25. The summed E-state index contributed by atoms with van der Waals surface area (Å²) in [6.07, 6.45) is 1.48. The van der Waals surface area contributed by atoms with E-state index in [1.807, 2.05) is 72.7 Å². The van der Waals surface area contributed by atoms with Gasteiger partial charge in [0.2, 0.25) is 0 Å². The van der Waals surface area contributed by atoms with Crippen LogP contribution in [0.2, 0.25) is 0 Å². The number of nitrogens with one attached hydrogen (secondary N) is 1. The standard InChI is InChI=1S/C20H28BBr2NO4/c1-18(2,3)26-17(25)24-12-14(10-13-11-15(22)8-9-16(13)23)21-27-19(4,5)20(6,7)28-21/h8-11H,12H2,1-7H3,(H,24,25). The molecule has 1 amide bonds. The zero-order valence-corrected chi connectivity index (χ0v) is 20.7. The minimum absolute atomic E-state index is 0.241. The minimum atomic E-state index is -0.578. The monoisotopic (exact) mass is 515 g/mol. The Morgan fingerprint density at radius 3 is 2.29 bits per heavy atom. The van der Waals surface area contributed by atoms with Crippen molar-refractivity contribution in [1.82, 2.24) is 5.32 Å². The van der Waals surface area contributed by atoms with Crippen LogP contribution in [0.3, 0.4) is 0 Å². The lowest BCUT2D eigenvalue weighted by molar-refractivity contribution is 0.00578. The molecule has 0 saturated carbocycles. The van der Waals surface area contributed by atoms with E-state index in [9.17, 15) is 4.79 Å². The van der Waals surface area contributed by atoms with Crippen molar-refractivity contribution >= 4 is 51.1 Å². The maximum absolute atomic E-state index is 12.1.